The second-order valence-corrected chi connectivity index (χ2v) is 5.86. The molecule has 100 valence electrons. The molecule has 0 aliphatic carbocycles. The highest BCUT2D eigenvalue weighted by molar-refractivity contribution is 5.82. The fourth-order valence-electron chi connectivity index (χ4n) is 2.03. The number of carbonyl (C=O) groups excluding carboxylic acids is 1. The van der Waals surface area contributed by atoms with Gasteiger partial charge in [-0.25, -0.2) is 0 Å². The van der Waals surface area contributed by atoms with Crippen molar-refractivity contribution in [1.82, 2.24) is 15.5 Å². The van der Waals surface area contributed by atoms with Gasteiger partial charge in [-0.1, -0.05) is 6.92 Å². The first kappa shape index (κ1) is 14.5. The average molecular weight is 241 g/mol. The maximum atomic E-state index is 12.0. The third-order valence-electron chi connectivity index (χ3n) is 3.62. The van der Waals surface area contributed by atoms with Crippen LogP contribution in [0.2, 0.25) is 0 Å². The Labute approximate surface area is 105 Å². The van der Waals surface area contributed by atoms with Gasteiger partial charge in [-0.05, 0) is 47.2 Å². The van der Waals surface area contributed by atoms with Crippen molar-refractivity contribution in [1.29, 1.82) is 0 Å². The first-order valence-electron chi connectivity index (χ1n) is 6.60. The maximum absolute atomic E-state index is 12.0. The summed E-state index contributed by atoms with van der Waals surface area (Å²) < 4.78 is 0. The summed E-state index contributed by atoms with van der Waals surface area (Å²) in [6.07, 6.45) is 2.07. The lowest BCUT2D eigenvalue weighted by Crippen LogP contribution is -2.53. The Morgan fingerprint density at radius 1 is 1.53 bits per heavy atom. The molecule has 1 rings (SSSR count). The summed E-state index contributed by atoms with van der Waals surface area (Å²) >= 11 is 0. The van der Waals surface area contributed by atoms with Crippen LogP contribution in [-0.2, 0) is 4.79 Å². The van der Waals surface area contributed by atoms with Crippen molar-refractivity contribution in [3.05, 3.63) is 0 Å². The van der Waals surface area contributed by atoms with Gasteiger partial charge >= 0.3 is 0 Å². The lowest BCUT2D eigenvalue weighted by Gasteiger charge is -2.27. The van der Waals surface area contributed by atoms with Crippen molar-refractivity contribution in [3.63, 3.8) is 0 Å². The lowest BCUT2D eigenvalue weighted by molar-refractivity contribution is -0.124. The summed E-state index contributed by atoms with van der Waals surface area (Å²) in [4.78, 5) is 14.3. The van der Waals surface area contributed by atoms with Crippen LogP contribution in [0.4, 0.5) is 0 Å². The van der Waals surface area contributed by atoms with Crippen molar-refractivity contribution in [3.8, 4) is 0 Å². The topological polar surface area (TPSA) is 44.4 Å². The van der Waals surface area contributed by atoms with Gasteiger partial charge in [-0.15, -0.1) is 0 Å². The largest absolute Gasteiger partial charge is 0.350 e. The van der Waals surface area contributed by atoms with Crippen molar-refractivity contribution in [2.75, 3.05) is 20.1 Å². The monoisotopic (exact) mass is 241 g/mol. The van der Waals surface area contributed by atoms with Gasteiger partial charge in [-0.3, -0.25) is 4.79 Å². The molecule has 1 aliphatic rings. The number of amides is 1. The Balaban J connectivity index is 2.37. The molecule has 1 aliphatic heterocycles. The number of hydrogen-bond acceptors (Lipinski definition) is 3. The van der Waals surface area contributed by atoms with E-state index in [1.807, 2.05) is 6.92 Å². The first-order chi connectivity index (χ1) is 7.84. The predicted octanol–water partition coefficient (Wildman–Crippen LogP) is 0.973. The van der Waals surface area contributed by atoms with E-state index in [1.165, 1.54) is 0 Å². The summed E-state index contributed by atoms with van der Waals surface area (Å²) in [7, 11) is 2.12. The Morgan fingerprint density at radius 3 is 2.65 bits per heavy atom. The third-order valence-corrected chi connectivity index (χ3v) is 3.62. The van der Waals surface area contributed by atoms with Crippen LogP contribution in [0, 0.1) is 0 Å². The van der Waals surface area contributed by atoms with Crippen molar-refractivity contribution in [2.45, 2.75) is 58.2 Å². The van der Waals surface area contributed by atoms with Gasteiger partial charge in [0.2, 0.25) is 5.91 Å². The van der Waals surface area contributed by atoms with Gasteiger partial charge in [0.15, 0.2) is 0 Å². The first-order valence-corrected chi connectivity index (χ1v) is 6.60. The number of nitrogens with one attached hydrogen (secondary N) is 2. The van der Waals surface area contributed by atoms with Crippen LogP contribution < -0.4 is 10.6 Å². The molecule has 0 aromatic rings. The molecule has 0 spiro atoms. The molecular weight excluding hydrogens is 214 g/mol. The second kappa shape index (κ2) is 5.83. The number of carbonyl (C=O) groups is 1. The minimum atomic E-state index is -0.114. The molecule has 1 heterocycles. The summed E-state index contributed by atoms with van der Waals surface area (Å²) in [5.41, 5.74) is -0.112. The van der Waals surface area contributed by atoms with Gasteiger partial charge in [0.1, 0.15) is 0 Å². The number of hydrogen-bond donors (Lipinski definition) is 2. The van der Waals surface area contributed by atoms with E-state index in [9.17, 15) is 4.79 Å². The molecule has 2 N–H and O–H groups in total. The molecule has 0 aromatic carbocycles. The van der Waals surface area contributed by atoms with Crippen LogP contribution in [0.15, 0.2) is 0 Å². The van der Waals surface area contributed by atoms with Gasteiger partial charge in [0.05, 0.1) is 6.04 Å². The Bertz CT molecular complexity index is 265. The quantitative estimate of drug-likeness (QED) is 0.754. The van der Waals surface area contributed by atoms with E-state index in [1.54, 1.807) is 0 Å². The third kappa shape index (κ3) is 4.64. The lowest BCUT2D eigenvalue weighted by atomic mass is 10.0. The molecule has 1 saturated heterocycles. The number of likely N-dealkylation sites (tertiary alicyclic amines) is 1. The van der Waals surface area contributed by atoms with E-state index in [-0.39, 0.29) is 17.5 Å². The zero-order valence-electron chi connectivity index (χ0n) is 11.8. The molecule has 1 fully saturated rings. The van der Waals surface area contributed by atoms with Crippen molar-refractivity contribution in [2.24, 2.45) is 0 Å². The molecule has 4 nitrogen and oxygen atoms in total. The van der Waals surface area contributed by atoms with Gasteiger partial charge in [0, 0.05) is 18.1 Å². The zero-order chi connectivity index (χ0) is 13.1. The van der Waals surface area contributed by atoms with Crippen LogP contribution in [0.25, 0.3) is 0 Å². The Hall–Kier alpha value is -0.610. The molecule has 2 atom stereocenters. The van der Waals surface area contributed by atoms with E-state index in [0.29, 0.717) is 6.04 Å². The van der Waals surface area contributed by atoms with Gasteiger partial charge in [-0.2, -0.15) is 0 Å². The number of rotatable bonds is 5. The summed E-state index contributed by atoms with van der Waals surface area (Å²) in [5, 5.41) is 6.48. The molecule has 0 saturated carbocycles. The Morgan fingerprint density at radius 2 is 2.18 bits per heavy atom. The summed E-state index contributed by atoms with van der Waals surface area (Å²) in [5.74, 6) is 0.103. The molecular formula is C13H27N3O. The van der Waals surface area contributed by atoms with Crippen LogP contribution in [0.5, 0.6) is 0 Å². The van der Waals surface area contributed by atoms with Gasteiger partial charge < -0.3 is 15.5 Å². The fraction of sp³-hybridized carbons (Fsp3) is 0.923. The molecule has 17 heavy (non-hydrogen) atoms. The highest BCUT2D eigenvalue weighted by atomic mass is 16.2. The fourth-order valence-corrected chi connectivity index (χ4v) is 2.03. The molecule has 0 bridgehead atoms. The molecule has 0 aromatic heterocycles. The summed E-state index contributed by atoms with van der Waals surface area (Å²) in [6.45, 7) is 10.3. The van der Waals surface area contributed by atoms with E-state index < -0.39 is 0 Å². The molecule has 2 unspecified atom stereocenters. The van der Waals surface area contributed by atoms with Crippen LogP contribution in [0.1, 0.15) is 40.5 Å². The van der Waals surface area contributed by atoms with E-state index in [2.05, 4.69) is 43.4 Å². The zero-order valence-corrected chi connectivity index (χ0v) is 11.8. The standard InChI is InChI=1S/C13H27N3O/c1-6-13(3,4)15-12(17)10(2)14-11-7-8-16(5)9-11/h10-11,14H,6-9H2,1-5H3,(H,15,17). The van der Waals surface area contributed by atoms with Crippen molar-refractivity contribution < 1.29 is 4.79 Å². The SMILES string of the molecule is CCC(C)(C)NC(=O)C(C)NC1CCN(C)C1. The normalized spacial score (nSPS) is 23.7. The molecule has 4 heteroatoms. The number of likely N-dealkylation sites (N-methyl/N-ethyl adjacent to an activating group) is 1. The molecule has 1 amide bonds. The highest BCUT2D eigenvalue weighted by Gasteiger charge is 2.26. The Kier molecular flexibility index (Phi) is 4.95. The maximum Gasteiger partial charge on any atom is 0.237 e. The minimum absolute atomic E-state index is 0.103. The second-order valence-electron chi connectivity index (χ2n) is 5.86. The van der Waals surface area contributed by atoms with E-state index >= 15 is 0 Å². The van der Waals surface area contributed by atoms with Crippen molar-refractivity contribution >= 4 is 5.91 Å². The number of nitrogens with zero attached hydrogens (tertiary/aromatic N) is 1. The smallest absolute Gasteiger partial charge is 0.237 e. The van der Waals surface area contributed by atoms with Crippen LogP contribution in [-0.4, -0.2) is 48.6 Å². The van der Waals surface area contributed by atoms with Crippen LogP contribution >= 0.6 is 0 Å². The highest BCUT2D eigenvalue weighted by Crippen LogP contribution is 2.09. The van der Waals surface area contributed by atoms with E-state index in [0.717, 1.165) is 25.9 Å². The predicted molar refractivity (Wildman–Crippen MR) is 71.0 cm³/mol. The van der Waals surface area contributed by atoms with E-state index in [4.69, 9.17) is 0 Å². The van der Waals surface area contributed by atoms with Crippen LogP contribution in [0.3, 0.4) is 0 Å². The van der Waals surface area contributed by atoms with Gasteiger partial charge in [0.25, 0.3) is 0 Å². The molecule has 0 radical (unpaired) electrons. The summed E-state index contributed by atoms with van der Waals surface area (Å²) in [6, 6.07) is 0.336. The average Bonchev–Trinajstić information content (AvgIpc) is 2.63. The minimum Gasteiger partial charge on any atom is -0.350 e.